The molecule has 0 fully saturated rings. The van der Waals surface area contributed by atoms with Crippen LogP contribution in [0.5, 0.6) is 11.5 Å². The van der Waals surface area contributed by atoms with Gasteiger partial charge >= 0.3 is 0 Å². The molecule has 33 heavy (non-hydrogen) atoms. The first-order valence-corrected chi connectivity index (χ1v) is 12.3. The maximum Gasteiger partial charge on any atom is 0.262 e. The van der Waals surface area contributed by atoms with Gasteiger partial charge in [0.2, 0.25) is 0 Å². The summed E-state index contributed by atoms with van der Waals surface area (Å²) in [6, 6.07) is 20.9. The molecular weight excluding hydrogens is 440 g/mol. The van der Waals surface area contributed by atoms with Gasteiger partial charge in [0.15, 0.2) is 11.5 Å². The molecule has 0 unspecified atom stereocenters. The Bertz CT molecular complexity index is 1230. The highest BCUT2D eigenvalue weighted by Crippen LogP contribution is 2.32. The lowest BCUT2D eigenvalue weighted by Gasteiger charge is -2.19. The number of ether oxygens (including phenoxy) is 2. The van der Waals surface area contributed by atoms with Crippen molar-refractivity contribution in [1.82, 2.24) is 5.32 Å². The van der Waals surface area contributed by atoms with Crippen molar-refractivity contribution in [3.63, 3.8) is 0 Å². The predicted octanol–water partition coefficient (Wildman–Crippen LogP) is 4.18. The third-order valence-corrected chi connectivity index (χ3v) is 6.85. The summed E-state index contributed by atoms with van der Waals surface area (Å²) in [5.74, 6) is 0.845. The van der Waals surface area contributed by atoms with Crippen LogP contribution in [0, 0.1) is 0 Å². The highest BCUT2D eigenvalue weighted by molar-refractivity contribution is 7.92. The van der Waals surface area contributed by atoms with Crippen LogP contribution in [0.3, 0.4) is 0 Å². The van der Waals surface area contributed by atoms with Crippen molar-refractivity contribution in [3.05, 3.63) is 83.9 Å². The Labute approximate surface area is 193 Å². The van der Waals surface area contributed by atoms with Crippen molar-refractivity contribution in [2.24, 2.45) is 0 Å². The number of rotatable bonds is 8. The van der Waals surface area contributed by atoms with Crippen LogP contribution in [-0.4, -0.2) is 34.1 Å². The molecule has 1 aliphatic heterocycles. The monoisotopic (exact) mass is 466 g/mol. The van der Waals surface area contributed by atoms with Gasteiger partial charge in [0.1, 0.15) is 13.2 Å². The van der Waals surface area contributed by atoms with Crippen molar-refractivity contribution in [2.45, 2.75) is 24.2 Å². The number of benzene rings is 3. The van der Waals surface area contributed by atoms with E-state index in [1.54, 1.807) is 24.3 Å². The van der Waals surface area contributed by atoms with Gasteiger partial charge in [-0.2, -0.15) is 0 Å². The summed E-state index contributed by atoms with van der Waals surface area (Å²) in [7, 11) is -3.87. The maximum absolute atomic E-state index is 12.9. The summed E-state index contributed by atoms with van der Waals surface area (Å²) in [6.45, 7) is 3.37. The highest BCUT2D eigenvalue weighted by Gasteiger charge is 2.20. The van der Waals surface area contributed by atoms with Crippen molar-refractivity contribution >= 4 is 21.6 Å². The molecule has 4 rings (SSSR count). The van der Waals surface area contributed by atoms with E-state index in [1.165, 1.54) is 23.8 Å². The molecule has 0 spiro atoms. The first-order chi connectivity index (χ1) is 16.0. The first kappa shape index (κ1) is 22.7. The lowest BCUT2D eigenvalue weighted by molar-refractivity contribution is 0.0951. The zero-order valence-corrected chi connectivity index (χ0v) is 19.1. The molecule has 0 saturated heterocycles. The van der Waals surface area contributed by atoms with Crippen LogP contribution >= 0.6 is 0 Å². The smallest absolute Gasteiger partial charge is 0.262 e. The molecule has 1 heterocycles. The number of amides is 1. The number of nitrogens with one attached hydrogen (secondary N) is 2. The molecule has 2 N–H and O–H groups in total. The second kappa shape index (κ2) is 9.95. The highest BCUT2D eigenvalue weighted by atomic mass is 32.2. The van der Waals surface area contributed by atoms with Crippen LogP contribution in [-0.2, 0) is 10.0 Å². The SMILES string of the molecule is CC[C@@H](CNC(=O)c1cccc(NS(=O)(=O)c2ccc3c(c2)OCCO3)c1)c1ccccc1. The number of carbonyl (C=O) groups is 1. The fourth-order valence-electron chi connectivity index (χ4n) is 3.67. The van der Waals surface area contributed by atoms with E-state index in [2.05, 4.69) is 17.0 Å². The average molecular weight is 467 g/mol. The van der Waals surface area contributed by atoms with E-state index in [-0.39, 0.29) is 16.7 Å². The molecule has 0 aliphatic carbocycles. The molecule has 7 nitrogen and oxygen atoms in total. The number of hydrogen-bond donors (Lipinski definition) is 2. The number of fused-ring (bicyclic) bond motifs is 1. The molecular formula is C25H26N2O5S. The van der Waals surface area contributed by atoms with Crippen LogP contribution < -0.4 is 19.5 Å². The number of hydrogen-bond acceptors (Lipinski definition) is 5. The Morgan fingerprint density at radius 2 is 1.70 bits per heavy atom. The van der Waals surface area contributed by atoms with Crippen LogP contribution in [0.25, 0.3) is 0 Å². The molecule has 0 aromatic heterocycles. The second-order valence-corrected chi connectivity index (χ2v) is 9.40. The van der Waals surface area contributed by atoms with Gasteiger partial charge in [-0.15, -0.1) is 0 Å². The lowest BCUT2D eigenvalue weighted by atomic mass is 9.96. The van der Waals surface area contributed by atoms with Crippen LogP contribution in [0.2, 0.25) is 0 Å². The Hall–Kier alpha value is -3.52. The van der Waals surface area contributed by atoms with E-state index in [4.69, 9.17) is 9.47 Å². The molecule has 0 saturated carbocycles. The van der Waals surface area contributed by atoms with E-state index >= 15 is 0 Å². The van der Waals surface area contributed by atoms with Gasteiger partial charge in [0, 0.05) is 29.8 Å². The summed E-state index contributed by atoms with van der Waals surface area (Å²) < 4.78 is 39.2. The maximum atomic E-state index is 12.9. The topological polar surface area (TPSA) is 93.7 Å². The minimum absolute atomic E-state index is 0.0512. The standard InChI is InChI=1S/C25H26N2O5S/c1-2-18(19-7-4-3-5-8-19)17-26-25(28)20-9-6-10-21(15-20)27-33(29,30)22-11-12-23-24(16-22)32-14-13-31-23/h3-12,15-16,18,27H,2,13-14,17H2,1H3,(H,26,28)/t18-/m0/s1. The Kier molecular flexibility index (Phi) is 6.84. The normalized spacial score (nSPS) is 13.7. The van der Waals surface area contributed by atoms with Crippen molar-refractivity contribution in [1.29, 1.82) is 0 Å². The van der Waals surface area contributed by atoms with E-state index < -0.39 is 10.0 Å². The van der Waals surface area contributed by atoms with E-state index in [1.807, 2.05) is 30.3 Å². The molecule has 8 heteroatoms. The third-order valence-electron chi connectivity index (χ3n) is 5.47. The Balaban J connectivity index is 1.44. The summed E-state index contributed by atoms with van der Waals surface area (Å²) in [5.41, 5.74) is 1.84. The molecule has 0 bridgehead atoms. The first-order valence-electron chi connectivity index (χ1n) is 10.8. The third kappa shape index (κ3) is 5.46. The van der Waals surface area contributed by atoms with Gasteiger partial charge in [-0.1, -0.05) is 43.3 Å². The van der Waals surface area contributed by atoms with E-state index in [9.17, 15) is 13.2 Å². The number of sulfonamides is 1. The zero-order chi connectivity index (χ0) is 23.3. The van der Waals surface area contributed by atoms with Gasteiger partial charge < -0.3 is 14.8 Å². The van der Waals surface area contributed by atoms with Gasteiger partial charge in [0.05, 0.1) is 4.90 Å². The fraction of sp³-hybridized carbons (Fsp3) is 0.240. The lowest BCUT2D eigenvalue weighted by Crippen LogP contribution is -2.28. The minimum atomic E-state index is -3.87. The van der Waals surface area contributed by atoms with Gasteiger partial charge in [-0.25, -0.2) is 8.42 Å². The number of carbonyl (C=O) groups excluding carboxylic acids is 1. The van der Waals surface area contributed by atoms with Crippen molar-refractivity contribution < 1.29 is 22.7 Å². The summed E-state index contributed by atoms with van der Waals surface area (Å²) >= 11 is 0. The van der Waals surface area contributed by atoms with Gasteiger partial charge in [0.25, 0.3) is 15.9 Å². The number of anilines is 1. The molecule has 3 aromatic carbocycles. The second-order valence-electron chi connectivity index (χ2n) is 7.72. The molecule has 172 valence electrons. The summed E-state index contributed by atoms with van der Waals surface area (Å²) in [4.78, 5) is 12.8. The summed E-state index contributed by atoms with van der Waals surface area (Å²) in [5, 5.41) is 2.96. The van der Waals surface area contributed by atoms with E-state index in [0.717, 1.165) is 6.42 Å². The van der Waals surface area contributed by atoms with Gasteiger partial charge in [-0.05, 0) is 42.3 Å². The molecule has 1 aliphatic rings. The molecule has 3 aromatic rings. The fourth-order valence-corrected chi connectivity index (χ4v) is 4.73. The van der Waals surface area contributed by atoms with Crippen molar-refractivity contribution in [2.75, 3.05) is 24.5 Å². The van der Waals surface area contributed by atoms with E-state index in [0.29, 0.717) is 42.5 Å². The van der Waals surface area contributed by atoms with Crippen LogP contribution in [0.1, 0.15) is 35.2 Å². The quantitative estimate of drug-likeness (QED) is 0.519. The minimum Gasteiger partial charge on any atom is -0.486 e. The van der Waals surface area contributed by atoms with Crippen molar-refractivity contribution in [3.8, 4) is 11.5 Å². The molecule has 1 amide bonds. The summed E-state index contributed by atoms with van der Waals surface area (Å²) in [6.07, 6.45) is 0.889. The Morgan fingerprint density at radius 1 is 0.939 bits per heavy atom. The zero-order valence-electron chi connectivity index (χ0n) is 18.3. The Morgan fingerprint density at radius 3 is 2.45 bits per heavy atom. The molecule has 1 atom stereocenters. The van der Waals surface area contributed by atoms with Crippen LogP contribution in [0.15, 0.2) is 77.7 Å². The molecule has 0 radical (unpaired) electrons. The largest absolute Gasteiger partial charge is 0.486 e. The predicted molar refractivity (Wildman–Crippen MR) is 126 cm³/mol. The average Bonchev–Trinajstić information content (AvgIpc) is 2.84. The van der Waals surface area contributed by atoms with Gasteiger partial charge in [-0.3, -0.25) is 9.52 Å². The van der Waals surface area contributed by atoms with Crippen LogP contribution in [0.4, 0.5) is 5.69 Å².